The molecule has 5 nitrogen and oxygen atoms in total. The van der Waals surface area contributed by atoms with E-state index in [0.717, 1.165) is 5.75 Å². The molecule has 0 aromatic heterocycles. The van der Waals surface area contributed by atoms with Crippen molar-refractivity contribution in [3.05, 3.63) is 0 Å². The first-order valence-corrected chi connectivity index (χ1v) is 7.13. The zero-order chi connectivity index (χ0) is 14.0. The fraction of sp³-hybridized carbons (Fsp3) is 0.833. The van der Waals surface area contributed by atoms with Gasteiger partial charge in [0.15, 0.2) is 0 Å². The first-order valence-electron chi connectivity index (χ1n) is 6.14. The van der Waals surface area contributed by atoms with Crippen LogP contribution in [0.3, 0.4) is 0 Å². The third-order valence-electron chi connectivity index (χ3n) is 3.27. The SMILES string of the molecule is CCC(C)(NC(=O)N1CCSC(C)(C)C1)C(=O)O. The van der Waals surface area contributed by atoms with Gasteiger partial charge >= 0.3 is 12.0 Å². The van der Waals surface area contributed by atoms with E-state index in [2.05, 4.69) is 19.2 Å². The van der Waals surface area contributed by atoms with Crippen LogP contribution in [0.2, 0.25) is 0 Å². The fourth-order valence-electron chi connectivity index (χ4n) is 1.80. The zero-order valence-corrected chi connectivity index (χ0v) is 12.3. The lowest BCUT2D eigenvalue weighted by Crippen LogP contribution is -2.58. The van der Waals surface area contributed by atoms with E-state index in [0.29, 0.717) is 19.5 Å². The van der Waals surface area contributed by atoms with Crippen LogP contribution in [-0.2, 0) is 4.79 Å². The van der Waals surface area contributed by atoms with Crippen molar-refractivity contribution in [3.8, 4) is 0 Å². The third kappa shape index (κ3) is 3.54. The van der Waals surface area contributed by atoms with Crippen LogP contribution in [0.5, 0.6) is 0 Å². The lowest BCUT2D eigenvalue weighted by Gasteiger charge is -2.39. The molecule has 2 amide bonds. The Bertz CT molecular complexity index is 346. The van der Waals surface area contributed by atoms with Gasteiger partial charge in [0.05, 0.1) is 0 Å². The van der Waals surface area contributed by atoms with Crippen LogP contribution in [0.15, 0.2) is 0 Å². The van der Waals surface area contributed by atoms with Gasteiger partial charge in [0.25, 0.3) is 0 Å². The third-order valence-corrected chi connectivity index (χ3v) is 4.57. The van der Waals surface area contributed by atoms with Gasteiger partial charge in [-0.2, -0.15) is 11.8 Å². The molecule has 18 heavy (non-hydrogen) atoms. The van der Waals surface area contributed by atoms with Gasteiger partial charge in [0, 0.05) is 23.6 Å². The topological polar surface area (TPSA) is 69.6 Å². The highest BCUT2D eigenvalue weighted by molar-refractivity contribution is 8.00. The summed E-state index contributed by atoms with van der Waals surface area (Å²) in [5.41, 5.74) is -1.19. The Kier molecular flexibility index (Phi) is 4.53. The Labute approximate surface area is 112 Å². The summed E-state index contributed by atoms with van der Waals surface area (Å²) in [7, 11) is 0. The molecule has 1 aliphatic rings. The van der Waals surface area contributed by atoms with Crippen LogP contribution in [-0.4, -0.2) is 51.1 Å². The van der Waals surface area contributed by atoms with Crippen molar-refractivity contribution >= 4 is 23.8 Å². The van der Waals surface area contributed by atoms with E-state index in [4.69, 9.17) is 5.11 Å². The lowest BCUT2D eigenvalue weighted by atomic mass is 9.99. The van der Waals surface area contributed by atoms with E-state index in [9.17, 15) is 9.59 Å². The number of carbonyl (C=O) groups excluding carboxylic acids is 1. The summed E-state index contributed by atoms with van der Waals surface area (Å²) in [4.78, 5) is 25.0. The highest BCUT2D eigenvalue weighted by Crippen LogP contribution is 2.29. The molecule has 2 N–H and O–H groups in total. The van der Waals surface area contributed by atoms with Crippen molar-refractivity contribution < 1.29 is 14.7 Å². The molecule has 1 aliphatic heterocycles. The van der Waals surface area contributed by atoms with Gasteiger partial charge in [-0.1, -0.05) is 6.92 Å². The van der Waals surface area contributed by atoms with E-state index >= 15 is 0 Å². The second-order valence-corrected chi connectivity index (χ2v) is 7.25. The molecular formula is C12H22N2O3S. The van der Waals surface area contributed by atoms with Gasteiger partial charge in [-0.05, 0) is 27.2 Å². The summed E-state index contributed by atoms with van der Waals surface area (Å²) in [6, 6.07) is -0.282. The maximum atomic E-state index is 12.1. The number of thioether (sulfide) groups is 1. The predicted molar refractivity (Wildman–Crippen MR) is 73.0 cm³/mol. The molecule has 0 aliphatic carbocycles. The molecule has 1 fully saturated rings. The van der Waals surface area contributed by atoms with Crippen LogP contribution in [0.1, 0.15) is 34.1 Å². The molecule has 6 heteroatoms. The molecule has 1 atom stereocenters. The van der Waals surface area contributed by atoms with Crippen LogP contribution < -0.4 is 5.32 Å². The number of carboxylic acid groups (broad SMARTS) is 1. The second kappa shape index (κ2) is 5.38. The van der Waals surface area contributed by atoms with Crippen molar-refractivity contribution in [1.29, 1.82) is 0 Å². The van der Waals surface area contributed by atoms with Gasteiger partial charge in [-0.3, -0.25) is 0 Å². The average Bonchev–Trinajstić information content (AvgIpc) is 2.27. The predicted octanol–water partition coefficient (Wildman–Crippen LogP) is 1.78. The van der Waals surface area contributed by atoms with Crippen LogP contribution in [0.25, 0.3) is 0 Å². The molecule has 0 spiro atoms. The van der Waals surface area contributed by atoms with Gasteiger partial charge in [-0.15, -0.1) is 0 Å². The normalized spacial score (nSPS) is 22.1. The van der Waals surface area contributed by atoms with Crippen LogP contribution in [0.4, 0.5) is 4.79 Å². The summed E-state index contributed by atoms with van der Waals surface area (Å²) in [5, 5.41) is 11.8. The maximum Gasteiger partial charge on any atom is 0.329 e. The molecule has 1 heterocycles. The number of nitrogens with zero attached hydrogens (tertiary/aromatic N) is 1. The highest BCUT2D eigenvalue weighted by Gasteiger charge is 2.36. The minimum Gasteiger partial charge on any atom is -0.480 e. The summed E-state index contributed by atoms with van der Waals surface area (Å²) in [5.74, 6) is -0.111. The largest absolute Gasteiger partial charge is 0.480 e. The molecule has 0 saturated carbocycles. The minimum absolute atomic E-state index is 0.0292. The molecule has 0 radical (unpaired) electrons. The molecule has 1 saturated heterocycles. The van der Waals surface area contributed by atoms with Gasteiger partial charge < -0.3 is 15.3 Å². The van der Waals surface area contributed by atoms with E-state index < -0.39 is 11.5 Å². The van der Waals surface area contributed by atoms with Crippen LogP contribution >= 0.6 is 11.8 Å². The van der Waals surface area contributed by atoms with E-state index in [1.165, 1.54) is 6.92 Å². The Morgan fingerprint density at radius 2 is 2.11 bits per heavy atom. The molecule has 0 bridgehead atoms. The van der Waals surface area contributed by atoms with E-state index in [-0.39, 0.29) is 10.8 Å². The van der Waals surface area contributed by atoms with Crippen molar-refractivity contribution in [2.24, 2.45) is 0 Å². The Morgan fingerprint density at radius 1 is 1.50 bits per heavy atom. The van der Waals surface area contributed by atoms with Crippen LogP contribution in [0, 0.1) is 0 Å². The van der Waals surface area contributed by atoms with Gasteiger partial charge in [0.1, 0.15) is 5.54 Å². The number of carbonyl (C=O) groups is 2. The Hall–Kier alpha value is -0.910. The maximum absolute atomic E-state index is 12.1. The summed E-state index contributed by atoms with van der Waals surface area (Å²) in [6.07, 6.45) is 0.361. The summed E-state index contributed by atoms with van der Waals surface area (Å²) in [6.45, 7) is 8.78. The van der Waals surface area contributed by atoms with Crippen molar-refractivity contribution in [2.45, 2.75) is 44.4 Å². The fourth-order valence-corrected chi connectivity index (χ4v) is 2.91. The number of rotatable bonds is 3. The quantitative estimate of drug-likeness (QED) is 0.823. The number of carboxylic acids is 1. The number of hydrogen-bond acceptors (Lipinski definition) is 3. The molecule has 104 valence electrons. The number of aliphatic carboxylic acids is 1. The Morgan fingerprint density at radius 3 is 2.56 bits per heavy atom. The number of nitrogens with one attached hydrogen (secondary N) is 1. The summed E-state index contributed by atoms with van der Waals surface area (Å²) < 4.78 is 0.0292. The van der Waals surface area contributed by atoms with E-state index in [1.807, 2.05) is 11.8 Å². The van der Waals surface area contributed by atoms with Crippen molar-refractivity contribution in [3.63, 3.8) is 0 Å². The minimum atomic E-state index is -1.19. The standard InChI is InChI=1S/C12H22N2O3S/c1-5-12(4,9(15)16)13-10(17)14-6-7-18-11(2,3)8-14/h5-8H2,1-4H3,(H,13,17)(H,15,16). The number of amides is 2. The number of hydrogen-bond donors (Lipinski definition) is 2. The molecule has 0 aromatic carbocycles. The van der Waals surface area contributed by atoms with Crippen molar-refractivity contribution in [1.82, 2.24) is 10.2 Å². The smallest absolute Gasteiger partial charge is 0.329 e. The van der Waals surface area contributed by atoms with Crippen molar-refractivity contribution in [2.75, 3.05) is 18.8 Å². The zero-order valence-electron chi connectivity index (χ0n) is 11.4. The lowest BCUT2D eigenvalue weighted by molar-refractivity contribution is -0.143. The Balaban J connectivity index is 2.68. The van der Waals surface area contributed by atoms with E-state index in [1.54, 1.807) is 11.8 Å². The monoisotopic (exact) mass is 274 g/mol. The first-order chi connectivity index (χ1) is 8.20. The molecular weight excluding hydrogens is 252 g/mol. The second-order valence-electron chi connectivity index (χ2n) is 5.45. The van der Waals surface area contributed by atoms with Gasteiger partial charge in [-0.25, -0.2) is 9.59 Å². The molecule has 0 aromatic rings. The summed E-state index contributed by atoms with van der Waals surface area (Å²) >= 11 is 1.83. The average molecular weight is 274 g/mol. The molecule has 1 rings (SSSR count). The first kappa shape index (κ1) is 15.1. The number of urea groups is 1. The van der Waals surface area contributed by atoms with Gasteiger partial charge in [0.2, 0.25) is 0 Å². The molecule has 1 unspecified atom stereocenters. The highest BCUT2D eigenvalue weighted by atomic mass is 32.2.